The summed E-state index contributed by atoms with van der Waals surface area (Å²) in [6, 6.07) is 0.181. The first-order valence-electron chi connectivity index (χ1n) is 6.15. The van der Waals surface area contributed by atoms with Gasteiger partial charge in [-0.25, -0.2) is 4.79 Å². The maximum Gasteiger partial charge on any atom is 0.407 e. The van der Waals surface area contributed by atoms with Gasteiger partial charge in [0, 0.05) is 12.5 Å². The quantitative estimate of drug-likeness (QED) is 0.765. The molecule has 5 heteroatoms. The van der Waals surface area contributed by atoms with Crippen molar-refractivity contribution in [3.63, 3.8) is 0 Å². The second-order valence-corrected chi connectivity index (χ2v) is 4.36. The summed E-state index contributed by atoms with van der Waals surface area (Å²) in [5.41, 5.74) is 0. The smallest absolute Gasteiger partial charge is 0.407 e. The van der Waals surface area contributed by atoms with Crippen molar-refractivity contribution >= 4 is 12.1 Å². The third-order valence-corrected chi connectivity index (χ3v) is 3.11. The van der Waals surface area contributed by atoms with Crippen molar-refractivity contribution in [2.75, 3.05) is 13.7 Å². The average molecular weight is 243 g/mol. The van der Waals surface area contributed by atoms with Crippen LogP contribution < -0.4 is 5.32 Å². The van der Waals surface area contributed by atoms with E-state index in [1.807, 2.05) is 6.92 Å². The van der Waals surface area contributed by atoms with Crippen LogP contribution >= 0.6 is 0 Å². The van der Waals surface area contributed by atoms with Crippen LogP contribution in [0.2, 0.25) is 0 Å². The predicted molar refractivity (Wildman–Crippen MR) is 62.5 cm³/mol. The highest BCUT2D eigenvalue weighted by atomic mass is 16.5. The minimum absolute atomic E-state index is 0.114. The van der Waals surface area contributed by atoms with E-state index in [0.29, 0.717) is 18.9 Å². The van der Waals surface area contributed by atoms with E-state index >= 15 is 0 Å². The second kappa shape index (κ2) is 7.14. The van der Waals surface area contributed by atoms with Crippen molar-refractivity contribution in [3.05, 3.63) is 0 Å². The van der Waals surface area contributed by atoms with Crippen LogP contribution in [0.15, 0.2) is 0 Å². The van der Waals surface area contributed by atoms with Crippen LogP contribution in [0.25, 0.3) is 0 Å². The number of ether oxygens (including phenoxy) is 2. The SMILES string of the molecule is CCOC(=O)CC1CCC(NC(=O)OC)CC1. The first-order chi connectivity index (χ1) is 8.15. The van der Waals surface area contributed by atoms with Gasteiger partial charge in [-0.15, -0.1) is 0 Å². The van der Waals surface area contributed by atoms with Gasteiger partial charge in [0.1, 0.15) is 0 Å². The standard InChI is InChI=1S/C12H21NO4/c1-3-17-11(14)8-9-4-6-10(7-5-9)13-12(15)16-2/h9-10H,3-8H2,1-2H3,(H,13,15). The molecule has 0 aromatic rings. The van der Waals surface area contributed by atoms with Gasteiger partial charge >= 0.3 is 12.1 Å². The molecule has 1 N–H and O–H groups in total. The van der Waals surface area contributed by atoms with E-state index in [1.54, 1.807) is 0 Å². The number of amides is 1. The molecule has 0 aromatic heterocycles. The predicted octanol–water partition coefficient (Wildman–Crippen LogP) is 1.85. The van der Waals surface area contributed by atoms with Gasteiger partial charge in [0.15, 0.2) is 0 Å². The zero-order valence-electron chi connectivity index (χ0n) is 10.5. The fourth-order valence-electron chi connectivity index (χ4n) is 2.19. The molecule has 5 nitrogen and oxygen atoms in total. The zero-order chi connectivity index (χ0) is 12.7. The van der Waals surface area contributed by atoms with E-state index in [9.17, 15) is 9.59 Å². The number of esters is 1. The van der Waals surface area contributed by atoms with Gasteiger partial charge in [0.05, 0.1) is 13.7 Å². The highest BCUT2D eigenvalue weighted by Gasteiger charge is 2.24. The number of hydrogen-bond acceptors (Lipinski definition) is 4. The van der Waals surface area contributed by atoms with E-state index < -0.39 is 0 Å². The van der Waals surface area contributed by atoms with Crippen molar-refractivity contribution in [3.8, 4) is 0 Å². The summed E-state index contributed by atoms with van der Waals surface area (Å²) in [5, 5.41) is 2.79. The Morgan fingerprint density at radius 3 is 2.41 bits per heavy atom. The Labute approximate surface area is 102 Å². The maximum absolute atomic E-state index is 11.3. The van der Waals surface area contributed by atoms with E-state index in [2.05, 4.69) is 10.1 Å². The summed E-state index contributed by atoms with van der Waals surface area (Å²) < 4.78 is 9.48. The summed E-state index contributed by atoms with van der Waals surface area (Å²) in [6.07, 6.45) is 3.83. The van der Waals surface area contributed by atoms with Crippen LogP contribution in [0.3, 0.4) is 0 Å². The number of carbonyl (C=O) groups excluding carboxylic acids is 2. The maximum atomic E-state index is 11.3. The topological polar surface area (TPSA) is 64.6 Å². The van der Waals surface area contributed by atoms with Crippen molar-refractivity contribution < 1.29 is 19.1 Å². The molecule has 0 heterocycles. The van der Waals surface area contributed by atoms with Crippen LogP contribution in [-0.4, -0.2) is 31.8 Å². The van der Waals surface area contributed by atoms with E-state index in [4.69, 9.17) is 4.74 Å². The van der Waals surface area contributed by atoms with Crippen molar-refractivity contribution in [1.82, 2.24) is 5.32 Å². The molecule has 0 spiro atoms. The summed E-state index contributed by atoms with van der Waals surface area (Å²) >= 11 is 0. The fourth-order valence-corrected chi connectivity index (χ4v) is 2.19. The molecule has 1 amide bonds. The Morgan fingerprint density at radius 2 is 1.88 bits per heavy atom. The molecule has 1 aliphatic rings. The van der Waals surface area contributed by atoms with Gasteiger partial charge in [-0.05, 0) is 38.5 Å². The Balaban J connectivity index is 2.21. The van der Waals surface area contributed by atoms with Gasteiger partial charge in [-0.1, -0.05) is 0 Å². The largest absolute Gasteiger partial charge is 0.466 e. The molecule has 17 heavy (non-hydrogen) atoms. The summed E-state index contributed by atoms with van der Waals surface area (Å²) in [7, 11) is 1.36. The summed E-state index contributed by atoms with van der Waals surface area (Å²) in [6.45, 7) is 2.26. The van der Waals surface area contributed by atoms with Crippen LogP contribution in [0.4, 0.5) is 4.79 Å². The molecule has 0 atom stereocenters. The minimum atomic E-state index is -0.376. The Morgan fingerprint density at radius 1 is 1.24 bits per heavy atom. The lowest BCUT2D eigenvalue weighted by atomic mass is 9.84. The van der Waals surface area contributed by atoms with E-state index in [-0.39, 0.29) is 18.1 Å². The zero-order valence-corrected chi connectivity index (χ0v) is 10.5. The second-order valence-electron chi connectivity index (χ2n) is 4.36. The van der Waals surface area contributed by atoms with Crippen LogP contribution in [0.5, 0.6) is 0 Å². The third-order valence-electron chi connectivity index (χ3n) is 3.11. The molecular weight excluding hydrogens is 222 g/mol. The van der Waals surface area contributed by atoms with Gasteiger partial charge < -0.3 is 14.8 Å². The molecule has 1 saturated carbocycles. The molecule has 0 aliphatic heterocycles. The molecule has 1 aliphatic carbocycles. The summed E-state index contributed by atoms with van der Waals surface area (Å²) in [4.78, 5) is 22.3. The van der Waals surface area contributed by atoms with Crippen LogP contribution in [0, 0.1) is 5.92 Å². The Bertz CT molecular complexity index is 259. The third kappa shape index (κ3) is 5.06. The van der Waals surface area contributed by atoms with Crippen LogP contribution in [0.1, 0.15) is 39.0 Å². The van der Waals surface area contributed by atoms with Gasteiger partial charge in [0.25, 0.3) is 0 Å². The number of alkyl carbamates (subject to hydrolysis) is 1. The van der Waals surface area contributed by atoms with Crippen molar-refractivity contribution in [2.24, 2.45) is 5.92 Å². The average Bonchev–Trinajstić information content (AvgIpc) is 2.32. The molecule has 1 fully saturated rings. The van der Waals surface area contributed by atoms with Gasteiger partial charge in [-0.3, -0.25) is 4.79 Å². The number of carbonyl (C=O) groups is 2. The van der Waals surface area contributed by atoms with E-state index in [1.165, 1.54) is 7.11 Å². The van der Waals surface area contributed by atoms with Crippen LogP contribution in [-0.2, 0) is 14.3 Å². The monoisotopic (exact) mass is 243 g/mol. The molecule has 0 aromatic carbocycles. The lowest BCUT2D eigenvalue weighted by Gasteiger charge is -2.28. The number of hydrogen-bond donors (Lipinski definition) is 1. The molecule has 0 saturated heterocycles. The molecule has 1 rings (SSSR count). The number of methoxy groups -OCH3 is 1. The fraction of sp³-hybridized carbons (Fsp3) is 0.833. The molecule has 98 valence electrons. The molecule has 0 unspecified atom stereocenters. The number of nitrogens with one attached hydrogen (secondary N) is 1. The Hall–Kier alpha value is -1.26. The molecular formula is C12H21NO4. The Kier molecular flexibility index (Phi) is 5.80. The van der Waals surface area contributed by atoms with Crippen molar-refractivity contribution in [2.45, 2.75) is 45.1 Å². The lowest BCUT2D eigenvalue weighted by molar-refractivity contribution is -0.144. The first-order valence-corrected chi connectivity index (χ1v) is 6.15. The minimum Gasteiger partial charge on any atom is -0.466 e. The lowest BCUT2D eigenvalue weighted by Crippen LogP contribution is -2.37. The first kappa shape index (κ1) is 13.8. The van der Waals surface area contributed by atoms with Gasteiger partial charge in [-0.2, -0.15) is 0 Å². The highest BCUT2D eigenvalue weighted by Crippen LogP contribution is 2.27. The molecule has 0 radical (unpaired) electrons. The van der Waals surface area contributed by atoms with E-state index in [0.717, 1.165) is 25.7 Å². The summed E-state index contributed by atoms with van der Waals surface area (Å²) in [5.74, 6) is 0.279. The van der Waals surface area contributed by atoms with Gasteiger partial charge in [0.2, 0.25) is 0 Å². The number of rotatable bonds is 4. The molecule has 0 bridgehead atoms. The highest BCUT2D eigenvalue weighted by molar-refractivity contribution is 5.69. The normalized spacial score (nSPS) is 23.9. The van der Waals surface area contributed by atoms with Crippen molar-refractivity contribution in [1.29, 1.82) is 0 Å².